The molecule has 0 unspecified atom stereocenters. The van der Waals surface area contributed by atoms with Crippen molar-refractivity contribution in [3.8, 4) is 11.3 Å². The van der Waals surface area contributed by atoms with Gasteiger partial charge in [0.25, 0.3) is 5.91 Å². The molecule has 0 aliphatic carbocycles. The molecule has 140 valence electrons. The zero-order valence-electron chi connectivity index (χ0n) is 15.8. The Morgan fingerprint density at radius 1 is 1.04 bits per heavy atom. The minimum atomic E-state index is -0.282. The van der Waals surface area contributed by atoms with E-state index in [2.05, 4.69) is 24.1 Å². The van der Waals surface area contributed by atoms with Crippen molar-refractivity contribution < 1.29 is 9.21 Å². The number of nitrogens with zero attached hydrogens (tertiary/aromatic N) is 1. The summed E-state index contributed by atoms with van der Waals surface area (Å²) >= 11 is 6.17. The molecule has 5 heteroatoms. The molecule has 0 fully saturated rings. The van der Waals surface area contributed by atoms with Gasteiger partial charge in [-0.3, -0.25) is 4.79 Å². The van der Waals surface area contributed by atoms with E-state index in [0.29, 0.717) is 10.8 Å². The Kier molecular flexibility index (Phi) is 5.87. The van der Waals surface area contributed by atoms with E-state index < -0.39 is 0 Å². The largest absolute Gasteiger partial charge is 0.451 e. The molecule has 2 aromatic carbocycles. The Labute approximate surface area is 164 Å². The van der Waals surface area contributed by atoms with Gasteiger partial charge in [0.1, 0.15) is 5.76 Å². The summed E-state index contributed by atoms with van der Waals surface area (Å²) in [6, 6.07) is 16.9. The third-order valence-electron chi connectivity index (χ3n) is 4.54. The van der Waals surface area contributed by atoms with Crippen LogP contribution in [0.2, 0.25) is 5.02 Å². The monoisotopic (exact) mass is 382 g/mol. The molecule has 3 aromatic rings. The van der Waals surface area contributed by atoms with Crippen molar-refractivity contribution in [3.05, 3.63) is 70.9 Å². The predicted molar refractivity (Wildman–Crippen MR) is 112 cm³/mol. The number of hydrogen-bond donors (Lipinski definition) is 1. The quantitative estimate of drug-likeness (QED) is 0.568. The van der Waals surface area contributed by atoms with Gasteiger partial charge in [-0.05, 0) is 68.8 Å². The maximum absolute atomic E-state index is 12.5. The van der Waals surface area contributed by atoms with E-state index >= 15 is 0 Å². The van der Waals surface area contributed by atoms with E-state index in [9.17, 15) is 4.79 Å². The molecule has 1 N–H and O–H groups in total. The molecule has 0 bridgehead atoms. The lowest BCUT2D eigenvalue weighted by atomic mass is 10.1. The van der Waals surface area contributed by atoms with Crippen LogP contribution in [0.1, 0.15) is 30.0 Å². The smallest absolute Gasteiger partial charge is 0.291 e. The second-order valence-corrected chi connectivity index (χ2v) is 6.71. The Balaban J connectivity index is 1.71. The minimum absolute atomic E-state index is 0.259. The number of nitrogens with one attached hydrogen (secondary N) is 1. The van der Waals surface area contributed by atoms with Gasteiger partial charge in [-0.2, -0.15) is 0 Å². The summed E-state index contributed by atoms with van der Waals surface area (Å²) in [7, 11) is 0. The molecule has 27 heavy (non-hydrogen) atoms. The van der Waals surface area contributed by atoms with Crippen molar-refractivity contribution in [3.63, 3.8) is 0 Å². The van der Waals surface area contributed by atoms with Crippen LogP contribution >= 0.6 is 11.6 Å². The molecular formula is C22H23ClN2O2. The van der Waals surface area contributed by atoms with Crippen LogP contribution in [0.25, 0.3) is 11.3 Å². The number of furan rings is 1. The highest BCUT2D eigenvalue weighted by Gasteiger charge is 2.13. The van der Waals surface area contributed by atoms with Crippen molar-refractivity contribution in [1.82, 2.24) is 0 Å². The maximum Gasteiger partial charge on any atom is 0.291 e. The van der Waals surface area contributed by atoms with Gasteiger partial charge < -0.3 is 14.6 Å². The van der Waals surface area contributed by atoms with Gasteiger partial charge in [-0.1, -0.05) is 23.7 Å². The van der Waals surface area contributed by atoms with Crippen molar-refractivity contribution in [1.29, 1.82) is 0 Å². The molecule has 4 nitrogen and oxygen atoms in total. The molecule has 1 aromatic heterocycles. The van der Waals surface area contributed by atoms with Gasteiger partial charge in [0.15, 0.2) is 5.76 Å². The summed E-state index contributed by atoms with van der Waals surface area (Å²) in [4.78, 5) is 14.7. The van der Waals surface area contributed by atoms with E-state index in [0.717, 1.165) is 35.6 Å². The molecule has 0 aliphatic heterocycles. The van der Waals surface area contributed by atoms with Crippen LogP contribution in [0, 0.1) is 6.92 Å². The maximum atomic E-state index is 12.5. The second kappa shape index (κ2) is 8.31. The molecule has 1 amide bonds. The van der Waals surface area contributed by atoms with Gasteiger partial charge in [0, 0.05) is 35.1 Å². The van der Waals surface area contributed by atoms with Gasteiger partial charge in [0.2, 0.25) is 0 Å². The summed E-state index contributed by atoms with van der Waals surface area (Å²) in [5, 5.41) is 3.54. The Morgan fingerprint density at radius 2 is 1.74 bits per heavy atom. The fourth-order valence-corrected chi connectivity index (χ4v) is 3.08. The number of aryl methyl sites for hydroxylation is 1. The summed E-state index contributed by atoms with van der Waals surface area (Å²) in [6.45, 7) is 8.07. The van der Waals surface area contributed by atoms with Crippen LogP contribution < -0.4 is 10.2 Å². The zero-order chi connectivity index (χ0) is 19.4. The second-order valence-electron chi connectivity index (χ2n) is 6.30. The average molecular weight is 383 g/mol. The van der Waals surface area contributed by atoms with Crippen LogP contribution in [0.3, 0.4) is 0 Å². The normalized spacial score (nSPS) is 10.7. The first-order valence-corrected chi connectivity index (χ1v) is 9.42. The Bertz CT molecular complexity index is 928. The van der Waals surface area contributed by atoms with Crippen molar-refractivity contribution in [2.45, 2.75) is 20.8 Å². The van der Waals surface area contributed by atoms with Crippen LogP contribution in [0.15, 0.2) is 59.0 Å². The number of halogens is 1. The molecule has 0 saturated heterocycles. The van der Waals surface area contributed by atoms with Crippen molar-refractivity contribution in [2.75, 3.05) is 23.3 Å². The molecule has 0 spiro atoms. The van der Waals surface area contributed by atoms with Crippen LogP contribution in [0.4, 0.5) is 11.4 Å². The fraction of sp³-hybridized carbons (Fsp3) is 0.227. The van der Waals surface area contributed by atoms with Crippen molar-refractivity contribution >= 4 is 28.9 Å². The molecule has 0 atom stereocenters. The molecular weight excluding hydrogens is 360 g/mol. The van der Waals surface area contributed by atoms with E-state index in [-0.39, 0.29) is 11.7 Å². The van der Waals surface area contributed by atoms with Gasteiger partial charge >= 0.3 is 0 Å². The first-order chi connectivity index (χ1) is 13.0. The lowest BCUT2D eigenvalue weighted by molar-refractivity contribution is 0.0997. The summed E-state index contributed by atoms with van der Waals surface area (Å²) in [5.41, 5.74) is 3.70. The minimum Gasteiger partial charge on any atom is -0.451 e. The van der Waals surface area contributed by atoms with Gasteiger partial charge in [-0.15, -0.1) is 0 Å². The molecule has 1 heterocycles. The summed E-state index contributed by atoms with van der Waals surface area (Å²) in [5.74, 6) is 0.587. The standard InChI is InChI=1S/C22H23ClN2O2/c1-4-25(5-2)18-10-8-17(9-11-18)24-22(26)21-13-12-20(27-21)16-7-6-15(3)19(23)14-16/h6-14H,4-5H2,1-3H3,(H,24,26). The molecule has 0 saturated carbocycles. The topological polar surface area (TPSA) is 45.5 Å². The number of benzene rings is 2. The number of carbonyl (C=O) groups excluding carboxylic acids is 1. The van der Waals surface area contributed by atoms with Gasteiger partial charge in [-0.25, -0.2) is 0 Å². The first kappa shape index (κ1) is 19.1. The number of carbonyl (C=O) groups is 1. The lowest BCUT2D eigenvalue weighted by Gasteiger charge is -2.21. The lowest BCUT2D eigenvalue weighted by Crippen LogP contribution is -2.21. The predicted octanol–water partition coefficient (Wildman–Crippen LogP) is 6.01. The third kappa shape index (κ3) is 4.34. The zero-order valence-corrected chi connectivity index (χ0v) is 16.5. The molecule has 0 aliphatic rings. The van der Waals surface area contributed by atoms with Crippen LogP contribution in [0.5, 0.6) is 0 Å². The Morgan fingerprint density at radius 3 is 2.37 bits per heavy atom. The highest BCUT2D eigenvalue weighted by Crippen LogP contribution is 2.27. The van der Waals surface area contributed by atoms with Gasteiger partial charge in [0.05, 0.1) is 0 Å². The highest BCUT2D eigenvalue weighted by atomic mass is 35.5. The molecule has 3 rings (SSSR count). The third-order valence-corrected chi connectivity index (χ3v) is 4.95. The average Bonchev–Trinajstić information content (AvgIpc) is 3.17. The molecule has 0 radical (unpaired) electrons. The summed E-state index contributed by atoms with van der Waals surface area (Å²) < 4.78 is 5.72. The van der Waals surface area contributed by atoms with E-state index in [1.165, 1.54) is 0 Å². The number of hydrogen-bond acceptors (Lipinski definition) is 3. The van der Waals surface area contributed by atoms with E-state index in [4.69, 9.17) is 16.0 Å². The van der Waals surface area contributed by atoms with E-state index in [1.807, 2.05) is 49.4 Å². The Hall–Kier alpha value is -2.72. The van der Waals surface area contributed by atoms with E-state index in [1.54, 1.807) is 12.1 Å². The van der Waals surface area contributed by atoms with Crippen molar-refractivity contribution in [2.24, 2.45) is 0 Å². The van der Waals surface area contributed by atoms with Crippen LogP contribution in [-0.4, -0.2) is 19.0 Å². The first-order valence-electron chi connectivity index (χ1n) is 9.04. The number of amides is 1. The number of rotatable bonds is 6. The highest BCUT2D eigenvalue weighted by molar-refractivity contribution is 6.31. The summed E-state index contributed by atoms with van der Waals surface area (Å²) in [6.07, 6.45) is 0. The number of anilines is 2. The fourth-order valence-electron chi connectivity index (χ4n) is 2.90. The SMILES string of the molecule is CCN(CC)c1ccc(NC(=O)c2ccc(-c3ccc(C)c(Cl)c3)o2)cc1. The van der Waals surface area contributed by atoms with Crippen LogP contribution in [-0.2, 0) is 0 Å².